The van der Waals surface area contributed by atoms with E-state index in [2.05, 4.69) is 20.1 Å². The summed E-state index contributed by atoms with van der Waals surface area (Å²) in [5.41, 5.74) is 3.15. The quantitative estimate of drug-likeness (QED) is 0.254. The second-order valence-corrected chi connectivity index (χ2v) is 12.7. The molecule has 4 aromatic rings. The smallest absolute Gasteiger partial charge is 0.410 e. The first-order chi connectivity index (χ1) is 20.9. The van der Waals surface area contributed by atoms with Crippen molar-refractivity contribution in [1.82, 2.24) is 25.0 Å². The van der Waals surface area contributed by atoms with Crippen LogP contribution in [-0.4, -0.2) is 81.3 Å². The molecule has 2 aromatic carbocycles. The Bertz CT molecular complexity index is 1630. The van der Waals surface area contributed by atoms with Crippen molar-refractivity contribution < 1.29 is 18.7 Å². The van der Waals surface area contributed by atoms with Crippen LogP contribution in [0, 0.1) is 5.82 Å². The maximum Gasteiger partial charge on any atom is 0.410 e. The fourth-order valence-electron chi connectivity index (χ4n) is 5.50. The average molecular weight is 621 g/mol. The Balaban J connectivity index is 1.40. The van der Waals surface area contributed by atoms with Crippen LogP contribution in [0.25, 0.3) is 22.2 Å². The molecule has 0 saturated carbocycles. The van der Waals surface area contributed by atoms with Crippen molar-refractivity contribution in [1.29, 1.82) is 0 Å². The molecule has 44 heavy (non-hydrogen) atoms. The fourth-order valence-corrected chi connectivity index (χ4v) is 5.63. The van der Waals surface area contributed by atoms with Crippen molar-refractivity contribution in [3.8, 4) is 11.1 Å². The van der Waals surface area contributed by atoms with Crippen molar-refractivity contribution in [2.45, 2.75) is 52.2 Å². The van der Waals surface area contributed by atoms with E-state index >= 15 is 0 Å². The lowest BCUT2D eigenvalue weighted by Crippen LogP contribution is -2.52. The van der Waals surface area contributed by atoms with E-state index < -0.39 is 17.6 Å². The molecule has 5 rings (SSSR count). The van der Waals surface area contributed by atoms with E-state index in [1.807, 2.05) is 57.7 Å². The maximum atomic E-state index is 14.2. The van der Waals surface area contributed by atoms with Crippen molar-refractivity contribution >= 4 is 40.3 Å². The minimum absolute atomic E-state index is 0.0743. The Hall–Kier alpha value is -4.18. The molecule has 3 heterocycles. The minimum Gasteiger partial charge on any atom is -0.444 e. The normalized spacial score (nSPS) is 14.6. The molecule has 11 heteroatoms. The Morgan fingerprint density at radius 1 is 1.07 bits per heavy atom. The van der Waals surface area contributed by atoms with E-state index in [0.29, 0.717) is 42.4 Å². The molecule has 9 nitrogen and oxygen atoms in total. The highest BCUT2D eigenvalue weighted by Gasteiger charge is 2.34. The summed E-state index contributed by atoms with van der Waals surface area (Å²) in [5, 5.41) is 8.51. The summed E-state index contributed by atoms with van der Waals surface area (Å²) in [6.07, 6.45) is 3.00. The van der Waals surface area contributed by atoms with Gasteiger partial charge in [0.05, 0.1) is 23.2 Å². The number of hydrogen-bond acceptors (Lipinski definition) is 6. The number of hydrogen-bond donors (Lipinski definition) is 1. The molecule has 1 N–H and O–H groups in total. The molecule has 1 atom stereocenters. The number of nitrogens with zero attached hydrogens (tertiary/aromatic N) is 5. The lowest BCUT2D eigenvalue weighted by Gasteiger charge is -2.39. The molecular weight excluding hydrogens is 583 g/mol. The minimum atomic E-state index is -0.669. The van der Waals surface area contributed by atoms with Gasteiger partial charge in [-0.15, -0.1) is 0 Å². The summed E-state index contributed by atoms with van der Waals surface area (Å²) < 4.78 is 19.9. The number of aromatic nitrogens is 3. The molecule has 0 spiro atoms. The van der Waals surface area contributed by atoms with E-state index in [1.54, 1.807) is 35.5 Å². The number of carbonyl (C=O) groups is 2. The third-order valence-electron chi connectivity index (χ3n) is 7.70. The molecule has 1 unspecified atom stereocenters. The van der Waals surface area contributed by atoms with Gasteiger partial charge in [0, 0.05) is 55.5 Å². The molecule has 0 bridgehead atoms. The molecule has 0 radical (unpaired) electrons. The Morgan fingerprint density at radius 2 is 1.77 bits per heavy atom. The van der Waals surface area contributed by atoms with Gasteiger partial charge in [0.15, 0.2) is 5.65 Å². The van der Waals surface area contributed by atoms with E-state index in [9.17, 15) is 14.0 Å². The molecule has 2 amide bonds. The molecule has 1 saturated heterocycles. The van der Waals surface area contributed by atoms with Crippen LogP contribution in [-0.2, 0) is 9.53 Å². The molecule has 0 aliphatic carbocycles. The van der Waals surface area contributed by atoms with E-state index in [4.69, 9.17) is 16.3 Å². The van der Waals surface area contributed by atoms with Crippen LogP contribution in [0.1, 0.15) is 46.1 Å². The first-order valence-corrected chi connectivity index (χ1v) is 15.2. The number of piperazine rings is 1. The number of ether oxygens (including phenoxy) is 1. The molecule has 2 aromatic heterocycles. The van der Waals surface area contributed by atoms with Crippen LogP contribution in [0.2, 0.25) is 5.02 Å². The van der Waals surface area contributed by atoms with Gasteiger partial charge in [-0.2, -0.15) is 5.10 Å². The largest absolute Gasteiger partial charge is 0.444 e. The van der Waals surface area contributed by atoms with Crippen LogP contribution >= 0.6 is 11.6 Å². The van der Waals surface area contributed by atoms with E-state index in [0.717, 1.165) is 22.2 Å². The number of carbonyl (C=O) groups excluding carboxylic acids is 2. The number of pyridine rings is 1. The van der Waals surface area contributed by atoms with E-state index in [-0.39, 0.29) is 24.3 Å². The number of aromatic amines is 1. The average Bonchev–Trinajstić information content (AvgIpc) is 3.45. The predicted molar refractivity (Wildman–Crippen MR) is 170 cm³/mol. The fraction of sp³-hybridized carbons (Fsp3) is 0.394. The number of H-pyrrole nitrogens is 1. The second-order valence-electron chi connectivity index (χ2n) is 12.3. The number of nitrogens with one attached hydrogen (secondary N) is 1. The second kappa shape index (κ2) is 12.8. The zero-order valence-electron chi connectivity index (χ0n) is 25.7. The highest BCUT2D eigenvalue weighted by molar-refractivity contribution is 6.30. The van der Waals surface area contributed by atoms with Gasteiger partial charge in [-0.1, -0.05) is 35.9 Å². The number of halogens is 2. The molecule has 1 aliphatic heterocycles. The Morgan fingerprint density at radius 3 is 2.41 bits per heavy atom. The number of fused-ring (bicyclic) bond motifs is 1. The van der Waals surface area contributed by atoms with Crippen LogP contribution in [0.15, 0.2) is 60.9 Å². The molecular formula is C33H38ClFN6O3. The predicted octanol–water partition coefficient (Wildman–Crippen LogP) is 6.50. The lowest BCUT2D eigenvalue weighted by molar-refractivity contribution is -0.133. The van der Waals surface area contributed by atoms with Crippen molar-refractivity contribution in [2.75, 3.05) is 37.6 Å². The van der Waals surface area contributed by atoms with Gasteiger partial charge >= 0.3 is 6.09 Å². The SMILES string of the molecule is CC(C)N(CC(C(=O)N1CCN(c2c(-c3cccc(F)c3)cnc3[nH]ncc23)CC1)c1ccc(Cl)cc1)C(=O)OC(C)(C)C. The lowest BCUT2D eigenvalue weighted by atomic mass is 9.95. The van der Waals surface area contributed by atoms with Gasteiger partial charge in [0.2, 0.25) is 5.91 Å². The van der Waals surface area contributed by atoms with Crippen molar-refractivity contribution in [2.24, 2.45) is 0 Å². The summed E-state index contributed by atoms with van der Waals surface area (Å²) in [6.45, 7) is 11.5. The van der Waals surface area contributed by atoms with Gasteiger partial charge in [-0.05, 0) is 70.0 Å². The van der Waals surface area contributed by atoms with Crippen LogP contribution < -0.4 is 4.90 Å². The highest BCUT2D eigenvalue weighted by atomic mass is 35.5. The maximum absolute atomic E-state index is 14.2. The van der Waals surface area contributed by atoms with E-state index in [1.165, 1.54) is 12.1 Å². The molecule has 232 valence electrons. The first kappa shape index (κ1) is 31.3. The number of amides is 2. The van der Waals surface area contributed by atoms with Gasteiger partial charge < -0.3 is 19.4 Å². The standard InChI is InChI=1S/C33H38ClFN6O3/c1-21(2)41(32(43)44-33(3,4)5)20-28(22-9-11-24(34)12-10-22)31(42)40-15-13-39(14-16-40)29-26(23-7-6-8-25(35)17-23)18-36-30-27(29)19-37-38-30/h6-12,17-19,21,28H,13-16,20H2,1-5H3,(H,36,37,38). The zero-order chi connectivity index (χ0) is 31.6. The topological polar surface area (TPSA) is 94.7 Å². The summed E-state index contributed by atoms with van der Waals surface area (Å²) in [5.74, 6) is -1.01. The highest BCUT2D eigenvalue weighted by Crippen LogP contribution is 2.37. The third kappa shape index (κ3) is 6.96. The third-order valence-corrected chi connectivity index (χ3v) is 7.95. The summed E-state index contributed by atoms with van der Waals surface area (Å²) in [7, 11) is 0. The summed E-state index contributed by atoms with van der Waals surface area (Å²) >= 11 is 6.18. The zero-order valence-corrected chi connectivity index (χ0v) is 26.4. The van der Waals surface area contributed by atoms with Crippen molar-refractivity contribution in [3.63, 3.8) is 0 Å². The molecule has 1 fully saturated rings. The van der Waals surface area contributed by atoms with Crippen LogP contribution in [0.5, 0.6) is 0 Å². The molecule has 1 aliphatic rings. The number of rotatable bonds is 7. The van der Waals surface area contributed by atoms with Crippen LogP contribution in [0.3, 0.4) is 0 Å². The van der Waals surface area contributed by atoms with Crippen molar-refractivity contribution in [3.05, 3.63) is 77.3 Å². The van der Waals surface area contributed by atoms with Gasteiger partial charge in [-0.25, -0.2) is 14.2 Å². The van der Waals surface area contributed by atoms with Gasteiger partial charge in [0.1, 0.15) is 11.4 Å². The Labute approximate surface area is 261 Å². The Kier molecular flexibility index (Phi) is 9.10. The van der Waals surface area contributed by atoms with Gasteiger partial charge in [0.25, 0.3) is 0 Å². The van der Waals surface area contributed by atoms with Crippen LogP contribution in [0.4, 0.5) is 14.9 Å². The number of benzene rings is 2. The monoisotopic (exact) mass is 620 g/mol. The number of anilines is 1. The summed E-state index contributed by atoms with van der Waals surface area (Å²) in [4.78, 5) is 37.6. The van der Waals surface area contributed by atoms with Gasteiger partial charge in [-0.3, -0.25) is 9.89 Å². The summed E-state index contributed by atoms with van der Waals surface area (Å²) in [6, 6.07) is 13.5. The first-order valence-electron chi connectivity index (χ1n) is 14.8.